The Bertz CT molecular complexity index is 442. The van der Waals surface area contributed by atoms with Crippen molar-refractivity contribution in [1.82, 2.24) is 0 Å². The van der Waals surface area contributed by atoms with Gasteiger partial charge in [-0.2, -0.15) is 0 Å². The van der Waals surface area contributed by atoms with Crippen molar-refractivity contribution in [3.05, 3.63) is 12.2 Å². The van der Waals surface area contributed by atoms with Crippen LogP contribution in [0.15, 0.2) is 12.2 Å². The molecule has 4 atom stereocenters. The fourth-order valence-electron chi connectivity index (χ4n) is 2.96. The Labute approximate surface area is 130 Å². The number of rotatable bonds is 8. The highest BCUT2D eigenvalue weighted by molar-refractivity contribution is 6.06. The van der Waals surface area contributed by atoms with E-state index in [9.17, 15) is 30.0 Å². The minimum Gasteiger partial charge on any atom is -0.480 e. The third-order valence-corrected chi connectivity index (χ3v) is 4.46. The van der Waals surface area contributed by atoms with Crippen molar-refractivity contribution < 1.29 is 30.0 Å². The van der Waals surface area contributed by atoms with Gasteiger partial charge >= 0.3 is 5.97 Å². The smallest absolute Gasteiger partial charge is 0.320 e. The van der Waals surface area contributed by atoms with E-state index in [1.165, 1.54) is 12.2 Å². The Morgan fingerprint density at radius 1 is 1.45 bits per heavy atom. The van der Waals surface area contributed by atoms with Gasteiger partial charge in [0.15, 0.2) is 11.2 Å². The normalized spacial score (nSPS) is 31.6. The van der Waals surface area contributed by atoms with Crippen LogP contribution < -0.4 is 0 Å². The molecule has 6 nitrogen and oxygen atoms in total. The second-order valence-corrected chi connectivity index (χ2v) is 6.33. The topological polar surface area (TPSA) is 115 Å². The first-order valence-electron chi connectivity index (χ1n) is 7.68. The molecular formula is C16H26O6. The number of hydrogen-bond donors (Lipinski definition) is 4. The van der Waals surface area contributed by atoms with Crippen LogP contribution in [-0.2, 0) is 9.59 Å². The van der Waals surface area contributed by atoms with Crippen molar-refractivity contribution in [3.8, 4) is 0 Å². The van der Waals surface area contributed by atoms with Crippen LogP contribution in [0.25, 0.3) is 0 Å². The van der Waals surface area contributed by atoms with E-state index < -0.39 is 41.4 Å². The van der Waals surface area contributed by atoms with Crippen LogP contribution in [0, 0.1) is 11.3 Å². The summed E-state index contributed by atoms with van der Waals surface area (Å²) in [5.74, 6) is -3.17. The number of carbonyl (C=O) groups is 2. The number of Topliss-reactive ketones (excluding diaryl/α,β-unsaturated/α-hetero) is 1. The lowest BCUT2D eigenvalue weighted by Gasteiger charge is -2.28. The van der Waals surface area contributed by atoms with Crippen molar-refractivity contribution in [3.63, 3.8) is 0 Å². The average molecular weight is 314 g/mol. The number of carboxylic acids is 1. The van der Waals surface area contributed by atoms with Gasteiger partial charge in [-0.25, -0.2) is 0 Å². The predicted octanol–water partition coefficient (Wildman–Crippen LogP) is 0.887. The van der Waals surface area contributed by atoms with Gasteiger partial charge in [-0.1, -0.05) is 38.3 Å². The van der Waals surface area contributed by atoms with Gasteiger partial charge in [0.1, 0.15) is 0 Å². The van der Waals surface area contributed by atoms with Crippen molar-refractivity contribution in [2.45, 2.75) is 57.7 Å². The maximum atomic E-state index is 11.9. The number of carboxylic acid groups (broad SMARTS) is 1. The monoisotopic (exact) mass is 314 g/mol. The number of aliphatic carboxylic acids is 1. The fraction of sp³-hybridized carbons (Fsp3) is 0.750. The Balaban J connectivity index is 2.95. The van der Waals surface area contributed by atoms with Crippen LogP contribution in [0.3, 0.4) is 0 Å². The lowest BCUT2D eigenvalue weighted by molar-refractivity contribution is -0.158. The third-order valence-electron chi connectivity index (χ3n) is 4.46. The molecule has 1 aliphatic rings. The van der Waals surface area contributed by atoms with Gasteiger partial charge in [0, 0.05) is 12.3 Å². The zero-order valence-electron chi connectivity index (χ0n) is 13.2. The Morgan fingerprint density at radius 3 is 2.59 bits per heavy atom. The van der Waals surface area contributed by atoms with Crippen LogP contribution >= 0.6 is 0 Å². The number of ketones is 1. The first kappa shape index (κ1) is 18.8. The quantitative estimate of drug-likeness (QED) is 0.300. The van der Waals surface area contributed by atoms with Gasteiger partial charge in [-0.15, -0.1) is 0 Å². The van der Waals surface area contributed by atoms with Crippen molar-refractivity contribution >= 4 is 11.8 Å². The summed E-state index contributed by atoms with van der Waals surface area (Å²) in [5, 5.41) is 39.0. The molecule has 126 valence electrons. The summed E-state index contributed by atoms with van der Waals surface area (Å²) in [6, 6.07) is 0. The lowest BCUT2D eigenvalue weighted by atomic mass is 9.76. The Hall–Kier alpha value is -1.24. The Morgan fingerprint density at radius 2 is 2.09 bits per heavy atom. The summed E-state index contributed by atoms with van der Waals surface area (Å²) in [6.45, 7) is 2.78. The highest BCUT2D eigenvalue weighted by atomic mass is 16.4. The molecule has 0 aromatic heterocycles. The summed E-state index contributed by atoms with van der Waals surface area (Å²) in [6.07, 6.45) is 4.65. The van der Waals surface area contributed by atoms with Crippen LogP contribution in [0.2, 0.25) is 0 Å². The van der Waals surface area contributed by atoms with E-state index in [4.69, 9.17) is 0 Å². The molecule has 0 aliphatic heterocycles. The summed E-state index contributed by atoms with van der Waals surface area (Å²) in [7, 11) is 0. The SMILES string of the molecule is CCCCCC(C)(O)/C=C/[C@H]1[C@H](O)CC(=O)C1(CO)C(=O)O. The lowest BCUT2D eigenvalue weighted by Crippen LogP contribution is -2.45. The summed E-state index contributed by atoms with van der Waals surface area (Å²) in [5.41, 5.74) is -3.16. The predicted molar refractivity (Wildman–Crippen MR) is 80.2 cm³/mol. The molecule has 0 saturated heterocycles. The Kier molecular flexibility index (Phi) is 6.28. The molecule has 2 unspecified atom stereocenters. The molecule has 0 amide bonds. The van der Waals surface area contributed by atoms with Crippen molar-refractivity contribution in [2.75, 3.05) is 6.61 Å². The molecule has 6 heteroatoms. The van der Waals surface area contributed by atoms with Crippen molar-refractivity contribution in [2.24, 2.45) is 11.3 Å². The zero-order chi connectivity index (χ0) is 17.0. The molecule has 0 aromatic rings. The molecule has 22 heavy (non-hydrogen) atoms. The van der Waals surface area contributed by atoms with Gasteiger partial charge in [0.2, 0.25) is 0 Å². The standard InChI is InChI=1S/C16H26O6/c1-3-4-5-7-15(2,22)8-6-11-12(18)9-13(19)16(11,10-17)14(20)21/h6,8,11-12,17-18,22H,3-5,7,9-10H2,1-2H3,(H,20,21)/b8-6+/t11-,12+,15?,16?/m0/s1. The van der Waals surface area contributed by atoms with Crippen molar-refractivity contribution in [1.29, 1.82) is 0 Å². The first-order chi connectivity index (χ1) is 10.2. The van der Waals surface area contributed by atoms with Crippen LogP contribution in [-0.4, -0.2) is 50.5 Å². The molecule has 4 N–H and O–H groups in total. The van der Waals surface area contributed by atoms with Crippen LogP contribution in [0.4, 0.5) is 0 Å². The molecular weight excluding hydrogens is 288 g/mol. The van der Waals surface area contributed by atoms with E-state index in [1.807, 2.05) is 6.92 Å². The average Bonchev–Trinajstić information content (AvgIpc) is 2.67. The highest BCUT2D eigenvalue weighted by Crippen LogP contribution is 2.42. The molecule has 0 bridgehead atoms. The molecule has 1 aliphatic carbocycles. The fourth-order valence-corrected chi connectivity index (χ4v) is 2.96. The molecule has 0 aromatic carbocycles. The van der Waals surface area contributed by atoms with Gasteiger partial charge in [-0.3, -0.25) is 9.59 Å². The summed E-state index contributed by atoms with van der Waals surface area (Å²) in [4.78, 5) is 23.4. The van der Waals surface area contributed by atoms with E-state index in [2.05, 4.69) is 0 Å². The van der Waals surface area contributed by atoms with Crippen LogP contribution in [0.5, 0.6) is 0 Å². The van der Waals surface area contributed by atoms with E-state index in [0.717, 1.165) is 19.3 Å². The van der Waals surface area contributed by atoms with Gasteiger partial charge in [-0.05, 0) is 13.3 Å². The minimum atomic E-state index is -2.02. The second-order valence-electron chi connectivity index (χ2n) is 6.33. The highest BCUT2D eigenvalue weighted by Gasteiger charge is 2.58. The van der Waals surface area contributed by atoms with Crippen LogP contribution in [0.1, 0.15) is 46.0 Å². The molecule has 0 heterocycles. The largest absolute Gasteiger partial charge is 0.480 e. The minimum absolute atomic E-state index is 0.306. The van der Waals surface area contributed by atoms with Gasteiger partial charge < -0.3 is 20.4 Å². The molecule has 0 spiro atoms. The number of unbranched alkanes of at least 4 members (excludes halogenated alkanes) is 2. The number of aliphatic hydroxyl groups excluding tert-OH is 2. The second kappa shape index (κ2) is 7.35. The first-order valence-corrected chi connectivity index (χ1v) is 7.68. The zero-order valence-corrected chi connectivity index (χ0v) is 13.2. The van der Waals surface area contributed by atoms with E-state index in [-0.39, 0.29) is 6.42 Å². The number of aliphatic hydroxyl groups is 3. The molecule has 1 fully saturated rings. The number of hydrogen-bond acceptors (Lipinski definition) is 5. The maximum absolute atomic E-state index is 11.9. The summed E-state index contributed by atoms with van der Waals surface area (Å²) < 4.78 is 0. The van der Waals surface area contributed by atoms with E-state index >= 15 is 0 Å². The molecule has 1 rings (SSSR count). The number of carbonyl (C=O) groups excluding carboxylic acids is 1. The van der Waals surface area contributed by atoms with Gasteiger partial charge in [0.05, 0.1) is 18.3 Å². The van der Waals surface area contributed by atoms with E-state index in [1.54, 1.807) is 6.92 Å². The maximum Gasteiger partial charge on any atom is 0.320 e. The van der Waals surface area contributed by atoms with E-state index in [0.29, 0.717) is 6.42 Å². The third kappa shape index (κ3) is 3.74. The summed E-state index contributed by atoms with van der Waals surface area (Å²) >= 11 is 0. The molecule has 0 radical (unpaired) electrons. The van der Waals surface area contributed by atoms with Gasteiger partial charge in [0.25, 0.3) is 0 Å². The molecule has 1 saturated carbocycles.